The molecule has 0 atom stereocenters. The van der Waals surface area contributed by atoms with Crippen molar-refractivity contribution < 1.29 is 8.42 Å². The average Bonchev–Trinajstić information content (AvgIpc) is 2.40. The van der Waals surface area contributed by atoms with E-state index in [4.69, 9.17) is 5.26 Å². The maximum absolute atomic E-state index is 12.3. The highest BCUT2D eigenvalue weighted by Crippen LogP contribution is 2.17. The van der Waals surface area contributed by atoms with Gasteiger partial charge < -0.3 is 0 Å². The summed E-state index contributed by atoms with van der Waals surface area (Å²) in [5.41, 5.74) is 0.979. The van der Waals surface area contributed by atoms with Crippen molar-refractivity contribution in [1.29, 1.82) is 5.26 Å². The molecule has 1 aromatic carbocycles. The molecule has 0 unspecified atom stereocenters. The lowest BCUT2D eigenvalue weighted by Crippen LogP contribution is -2.37. The zero-order chi connectivity index (χ0) is 14.5. The quantitative estimate of drug-likeness (QED) is 0.804. The zero-order valence-electron chi connectivity index (χ0n) is 11.6. The maximum Gasteiger partial charge on any atom is 0.218 e. The molecular weight excluding hydrogens is 260 g/mol. The van der Waals surface area contributed by atoms with Crippen molar-refractivity contribution in [3.8, 4) is 6.07 Å². The molecule has 0 fully saturated rings. The molecule has 0 aromatic heterocycles. The number of nitriles is 1. The van der Waals surface area contributed by atoms with Gasteiger partial charge in [-0.1, -0.05) is 32.0 Å². The Morgan fingerprint density at radius 2 is 1.84 bits per heavy atom. The van der Waals surface area contributed by atoms with Crippen molar-refractivity contribution in [2.75, 3.05) is 7.05 Å². The Bertz CT molecular complexity index is 557. The molecule has 0 amide bonds. The lowest BCUT2D eigenvalue weighted by atomic mass is 10.1. The molecule has 0 N–H and O–H groups in total. The van der Waals surface area contributed by atoms with Crippen LogP contribution in [0.15, 0.2) is 24.3 Å². The summed E-state index contributed by atoms with van der Waals surface area (Å²) in [6.45, 7) is 3.95. The summed E-state index contributed by atoms with van der Waals surface area (Å²) < 4.78 is 26.1. The monoisotopic (exact) mass is 280 g/mol. The number of benzene rings is 1. The van der Waals surface area contributed by atoms with Crippen LogP contribution in [0.2, 0.25) is 0 Å². The largest absolute Gasteiger partial charge is 0.218 e. The van der Waals surface area contributed by atoms with Gasteiger partial charge in [0, 0.05) is 13.1 Å². The summed E-state index contributed by atoms with van der Waals surface area (Å²) >= 11 is 0. The van der Waals surface area contributed by atoms with Crippen LogP contribution in [-0.4, -0.2) is 25.8 Å². The fourth-order valence-corrected chi connectivity index (χ4v) is 3.68. The number of nitrogens with zero attached hydrogens (tertiary/aromatic N) is 2. The molecule has 0 saturated heterocycles. The topological polar surface area (TPSA) is 61.2 Å². The van der Waals surface area contributed by atoms with E-state index < -0.39 is 10.0 Å². The van der Waals surface area contributed by atoms with Crippen LogP contribution >= 0.6 is 0 Å². The Balaban J connectivity index is 3.00. The first-order valence-corrected chi connectivity index (χ1v) is 8.00. The minimum absolute atomic E-state index is 0.0132. The van der Waals surface area contributed by atoms with E-state index in [1.807, 2.05) is 19.9 Å². The molecule has 104 valence electrons. The molecule has 0 aliphatic rings. The van der Waals surface area contributed by atoms with Crippen LogP contribution in [0.5, 0.6) is 0 Å². The second kappa shape index (κ2) is 6.69. The van der Waals surface area contributed by atoms with Crippen LogP contribution < -0.4 is 0 Å². The molecule has 0 aliphatic carbocycles. The summed E-state index contributed by atoms with van der Waals surface area (Å²) in [5.74, 6) is -0.121. The fraction of sp³-hybridized carbons (Fsp3) is 0.500. The van der Waals surface area contributed by atoms with Gasteiger partial charge in [-0.05, 0) is 24.5 Å². The fourth-order valence-electron chi connectivity index (χ4n) is 2.08. The van der Waals surface area contributed by atoms with Gasteiger partial charge in [-0.3, -0.25) is 0 Å². The van der Waals surface area contributed by atoms with E-state index in [2.05, 4.69) is 0 Å². The molecule has 0 spiro atoms. The predicted molar refractivity (Wildman–Crippen MR) is 75.9 cm³/mol. The average molecular weight is 280 g/mol. The Morgan fingerprint density at radius 3 is 2.37 bits per heavy atom. The first-order chi connectivity index (χ1) is 8.96. The summed E-state index contributed by atoms with van der Waals surface area (Å²) in [6, 6.07) is 8.86. The normalized spacial score (nSPS) is 11.8. The van der Waals surface area contributed by atoms with Gasteiger partial charge in [-0.25, -0.2) is 12.7 Å². The Labute approximate surface area is 115 Å². The third-order valence-electron chi connectivity index (χ3n) is 3.37. The van der Waals surface area contributed by atoms with Gasteiger partial charge >= 0.3 is 0 Å². The number of hydrogen-bond donors (Lipinski definition) is 0. The summed E-state index contributed by atoms with van der Waals surface area (Å²) in [5, 5.41) is 9.00. The van der Waals surface area contributed by atoms with Gasteiger partial charge in [0.25, 0.3) is 0 Å². The van der Waals surface area contributed by atoms with Crippen molar-refractivity contribution in [2.45, 2.75) is 38.5 Å². The van der Waals surface area contributed by atoms with Crippen molar-refractivity contribution in [2.24, 2.45) is 0 Å². The van der Waals surface area contributed by atoms with Gasteiger partial charge in [-0.2, -0.15) is 5.26 Å². The number of hydrogen-bond acceptors (Lipinski definition) is 3. The Morgan fingerprint density at radius 1 is 1.26 bits per heavy atom. The molecule has 5 heteroatoms. The highest BCUT2D eigenvalue weighted by molar-refractivity contribution is 7.88. The molecule has 0 radical (unpaired) electrons. The van der Waals surface area contributed by atoms with Crippen molar-refractivity contribution in [3.63, 3.8) is 0 Å². The van der Waals surface area contributed by atoms with E-state index in [1.165, 1.54) is 4.31 Å². The third-order valence-corrected chi connectivity index (χ3v) is 5.22. The maximum atomic E-state index is 12.3. The zero-order valence-corrected chi connectivity index (χ0v) is 12.4. The summed E-state index contributed by atoms with van der Waals surface area (Å²) in [6.07, 6.45) is 1.57. The van der Waals surface area contributed by atoms with Gasteiger partial charge in [-0.15, -0.1) is 0 Å². The van der Waals surface area contributed by atoms with Crippen LogP contribution in [-0.2, 0) is 15.8 Å². The van der Waals surface area contributed by atoms with E-state index >= 15 is 0 Å². The minimum atomic E-state index is -3.39. The second-order valence-corrected chi connectivity index (χ2v) is 6.54. The first-order valence-electron chi connectivity index (χ1n) is 6.40. The van der Waals surface area contributed by atoms with Gasteiger partial charge in [0.2, 0.25) is 10.0 Å². The highest BCUT2D eigenvalue weighted by atomic mass is 32.2. The van der Waals surface area contributed by atoms with Gasteiger partial charge in [0.05, 0.1) is 17.4 Å². The van der Waals surface area contributed by atoms with Crippen molar-refractivity contribution >= 4 is 10.0 Å². The van der Waals surface area contributed by atoms with E-state index in [9.17, 15) is 8.42 Å². The second-order valence-electron chi connectivity index (χ2n) is 4.51. The molecule has 0 aliphatic heterocycles. The molecule has 0 heterocycles. The Kier molecular flexibility index (Phi) is 5.52. The van der Waals surface area contributed by atoms with Crippen LogP contribution in [0.3, 0.4) is 0 Å². The minimum Gasteiger partial charge on any atom is -0.212 e. The van der Waals surface area contributed by atoms with Crippen LogP contribution in [0.1, 0.15) is 37.8 Å². The van der Waals surface area contributed by atoms with Crippen molar-refractivity contribution in [1.82, 2.24) is 4.31 Å². The smallest absolute Gasteiger partial charge is 0.212 e. The number of rotatable bonds is 6. The predicted octanol–water partition coefficient (Wildman–Crippen LogP) is 2.51. The van der Waals surface area contributed by atoms with E-state index in [1.54, 1.807) is 31.3 Å². The molecule has 1 rings (SSSR count). The lowest BCUT2D eigenvalue weighted by molar-refractivity contribution is 0.349. The molecule has 0 bridgehead atoms. The van der Waals surface area contributed by atoms with Crippen LogP contribution in [0.4, 0.5) is 0 Å². The lowest BCUT2D eigenvalue weighted by Gasteiger charge is -2.25. The van der Waals surface area contributed by atoms with Crippen LogP contribution in [0, 0.1) is 11.3 Å². The first kappa shape index (κ1) is 15.7. The molecular formula is C14H20N2O2S. The molecule has 1 aromatic rings. The summed E-state index contributed by atoms with van der Waals surface area (Å²) in [7, 11) is -1.77. The SMILES string of the molecule is CCC(CC)N(C)S(=O)(=O)Cc1ccccc1C#N. The van der Waals surface area contributed by atoms with Crippen LogP contribution in [0.25, 0.3) is 0 Å². The molecule has 0 saturated carbocycles. The van der Waals surface area contributed by atoms with E-state index in [0.29, 0.717) is 11.1 Å². The standard InChI is InChI=1S/C14H20N2O2S/c1-4-14(5-2)16(3)19(17,18)11-13-9-7-6-8-12(13)10-15/h6-9,14H,4-5,11H2,1-3H3. The van der Waals surface area contributed by atoms with E-state index in [-0.39, 0.29) is 11.8 Å². The summed E-state index contributed by atoms with van der Waals surface area (Å²) in [4.78, 5) is 0. The van der Waals surface area contributed by atoms with Gasteiger partial charge in [0.15, 0.2) is 0 Å². The highest BCUT2D eigenvalue weighted by Gasteiger charge is 2.25. The molecule has 19 heavy (non-hydrogen) atoms. The molecule has 4 nitrogen and oxygen atoms in total. The van der Waals surface area contributed by atoms with Crippen molar-refractivity contribution in [3.05, 3.63) is 35.4 Å². The Hall–Kier alpha value is -1.38. The van der Waals surface area contributed by atoms with Gasteiger partial charge in [0.1, 0.15) is 0 Å². The third kappa shape index (κ3) is 3.79. The number of sulfonamides is 1. The van der Waals surface area contributed by atoms with E-state index in [0.717, 1.165) is 12.8 Å².